The second-order valence-corrected chi connectivity index (χ2v) is 3.17. The quantitative estimate of drug-likeness (QED) is 0.788. The van der Waals surface area contributed by atoms with Gasteiger partial charge in [-0.1, -0.05) is 17.7 Å². The van der Waals surface area contributed by atoms with Crippen LogP contribution in [0.5, 0.6) is 0 Å². The zero-order valence-electron chi connectivity index (χ0n) is 7.00. The second-order valence-electron chi connectivity index (χ2n) is 2.77. The Morgan fingerprint density at radius 1 is 1.54 bits per heavy atom. The SMILES string of the molecule is NCC[C@H](O)c1ccc(F)c(Cl)c1. The molecule has 0 fully saturated rings. The lowest BCUT2D eigenvalue weighted by molar-refractivity contribution is 0.170. The highest BCUT2D eigenvalue weighted by molar-refractivity contribution is 6.30. The molecule has 0 heterocycles. The fourth-order valence-electron chi connectivity index (χ4n) is 1.04. The van der Waals surface area contributed by atoms with Crippen LogP contribution in [0.1, 0.15) is 18.1 Å². The summed E-state index contributed by atoms with van der Waals surface area (Å²) < 4.78 is 12.7. The first-order valence-electron chi connectivity index (χ1n) is 3.98. The molecule has 0 unspecified atom stereocenters. The molecule has 2 nitrogen and oxygen atoms in total. The van der Waals surface area contributed by atoms with Crippen LogP contribution in [0.4, 0.5) is 4.39 Å². The molecule has 13 heavy (non-hydrogen) atoms. The van der Waals surface area contributed by atoms with Crippen molar-refractivity contribution in [3.05, 3.63) is 34.6 Å². The number of halogens is 2. The number of nitrogens with two attached hydrogens (primary N) is 1. The van der Waals surface area contributed by atoms with Crippen molar-refractivity contribution < 1.29 is 9.50 Å². The van der Waals surface area contributed by atoms with Gasteiger partial charge >= 0.3 is 0 Å². The van der Waals surface area contributed by atoms with Crippen molar-refractivity contribution in [1.82, 2.24) is 0 Å². The first kappa shape index (κ1) is 10.4. The van der Waals surface area contributed by atoms with Crippen LogP contribution in [0.25, 0.3) is 0 Å². The van der Waals surface area contributed by atoms with E-state index in [1.165, 1.54) is 18.2 Å². The van der Waals surface area contributed by atoms with Crippen molar-refractivity contribution in [1.29, 1.82) is 0 Å². The average molecular weight is 204 g/mol. The summed E-state index contributed by atoms with van der Waals surface area (Å²) in [6.45, 7) is 0.385. The van der Waals surface area contributed by atoms with Gasteiger partial charge in [0, 0.05) is 0 Å². The standard InChI is InChI=1S/C9H11ClFNO/c10-7-5-6(1-2-8(7)11)9(13)3-4-12/h1-2,5,9,13H,3-4,12H2/t9-/m0/s1. The zero-order valence-corrected chi connectivity index (χ0v) is 7.76. The van der Waals surface area contributed by atoms with Crippen LogP contribution in [-0.2, 0) is 0 Å². The Morgan fingerprint density at radius 2 is 2.23 bits per heavy atom. The summed E-state index contributed by atoms with van der Waals surface area (Å²) in [7, 11) is 0. The average Bonchev–Trinajstić information content (AvgIpc) is 2.10. The largest absolute Gasteiger partial charge is 0.388 e. The van der Waals surface area contributed by atoms with E-state index in [1.807, 2.05) is 0 Å². The van der Waals surface area contributed by atoms with E-state index in [0.717, 1.165) is 0 Å². The van der Waals surface area contributed by atoms with Crippen LogP contribution >= 0.6 is 11.6 Å². The highest BCUT2D eigenvalue weighted by atomic mass is 35.5. The Labute approximate surface area is 81.1 Å². The fourth-order valence-corrected chi connectivity index (χ4v) is 1.23. The number of benzene rings is 1. The van der Waals surface area contributed by atoms with Crippen molar-refractivity contribution in [2.24, 2.45) is 5.73 Å². The molecule has 1 aromatic carbocycles. The molecule has 0 spiro atoms. The fraction of sp³-hybridized carbons (Fsp3) is 0.333. The van der Waals surface area contributed by atoms with Gasteiger partial charge in [0.15, 0.2) is 0 Å². The van der Waals surface area contributed by atoms with Crippen LogP contribution in [0, 0.1) is 5.82 Å². The van der Waals surface area contributed by atoms with Gasteiger partial charge in [0.2, 0.25) is 0 Å². The minimum absolute atomic E-state index is 0.0218. The Balaban J connectivity index is 2.84. The lowest BCUT2D eigenvalue weighted by Crippen LogP contribution is -2.06. The normalized spacial score (nSPS) is 12.9. The molecule has 3 N–H and O–H groups in total. The molecule has 0 radical (unpaired) electrons. The molecule has 0 aliphatic carbocycles. The van der Waals surface area contributed by atoms with Crippen LogP contribution < -0.4 is 5.73 Å². The monoisotopic (exact) mass is 203 g/mol. The predicted molar refractivity (Wildman–Crippen MR) is 50.0 cm³/mol. The summed E-state index contributed by atoms with van der Waals surface area (Å²) in [6, 6.07) is 4.15. The summed E-state index contributed by atoms with van der Waals surface area (Å²) in [4.78, 5) is 0. The first-order valence-corrected chi connectivity index (χ1v) is 4.36. The summed E-state index contributed by atoms with van der Waals surface area (Å²) in [5.41, 5.74) is 5.86. The molecular formula is C9H11ClFNO. The summed E-state index contributed by atoms with van der Waals surface area (Å²) in [6.07, 6.45) is -0.217. The number of rotatable bonds is 3. The van der Waals surface area contributed by atoms with Crippen LogP contribution in [0.2, 0.25) is 5.02 Å². The molecule has 0 saturated heterocycles. The van der Waals surface area contributed by atoms with Crippen molar-refractivity contribution in [2.45, 2.75) is 12.5 Å². The molecule has 0 saturated carbocycles. The predicted octanol–water partition coefficient (Wildman–Crippen LogP) is 1.86. The second kappa shape index (κ2) is 4.56. The smallest absolute Gasteiger partial charge is 0.141 e. The molecule has 0 bridgehead atoms. The van der Waals surface area contributed by atoms with Gasteiger partial charge < -0.3 is 10.8 Å². The van der Waals surface area contributed by atoms with Gasteiger partial charge in [-0.3, -0.25) is 0 Å². The molecule has 1 atom stereocenters. The van der Waals surface area contributed by atoms with Crippen molar-refractivity contribution in [2.75, 3.05) is 6.54 Å². The van der Waals surface area contributed by atoms with Gasteiger partial charge in [-0.15, -0.1) is 0 Å². The highest BCUT2D eigenvalue weighted by Crippen LogP contribution is 2.22. The van der Waals surface area contributed by atoms with E-state index in [1.54, 1.807) is 0 Å². The molecule has 0 aliphatic rings. The van der Waals surface area contributed by atoms with Gasteiger partial charge in [0.25, 0.3) is 0 Å². The van der Waals surface area contributed by atoms with Crippen molar-refractivity contribution >= 4 is 11.6 Å². The van der Waals surface area contributed by atoms with Crippen molar-refractivity contribution in [3.63, 3.8) is 0 Å². The minimum Gasteiger partial charge on any atom is -0.388 e. The third-order valence-electron chi connectivity index (χ3n) is 1.77. The Hall–Kier alpha value is -0.640. The topological polar surface area (TPSA) is 46.2 Å². The minimum atomic E-state index is -0.664. The molecule has 0 amide bonds. The maximum absolute atomic E-state index is 12.7. The Kier molecular flexibility index (Phi) is 3.66. The molecular weight excluding hydrogens is 193 g/mol. The van der Waals surface area contributed by atoms with Gasteiger partial charge in [-0.05, 0) is 30.7 Å². The molecule has 1 rings (SSSR count). The number of hydrogen-bond acceptors (Lipinski definition) is 2. The number of aliphatic hydroxyl groups excluding tert-OH is 1. The van der Waals surface area contributed by atoms with E-state index in [9.17, 15) is 9.50 Å². The van der Waals surface area contributed by atoms with E-state index >= 15 is 0 Å². The summed E-state index contributed by atoms with van der Waals surface area (Å²) >= 11 is 5.54. The molecule has 72 valence electrons. The van der Waals surface area contributed by atoms with Crippen molar-refractivity contribution in [3.8, 4) is 0 Å². The summed E-state index contributed by atoms with van der Waals surface area (Å²) in [5, 5.41) is 9.50. The van der Waals surface area contributed by atoms with E-state index < -0.39 is 11.9 Å². The molecule has 1 aromatic rings. The maximum Gasteiger partial charge on any atom is 0.141 e. The van der Waals surface area contributed by atoms with Crippen LogP contribution in [0.3, 0.4) is 0 Å². The maximum atomic E-state index is 12.7. The number of aliphatic hydroxyl groups is 1. The molecule has 0 aromatic heterocycles. The van der Waals surface area contributed by atoms with Crippen LogP contribution in [0.15, 0.2) is 18.2 Å². The summed E-state index contributed by atoms with van der Waals surface area (Å²) in [5.74, 6) is -0.481. The van der Waals surface area contributed by atoms with E-state index in [0.29, 0.717) is 18.5 Å². The third-order valence-corrected chi connectivity index (χ3v) is 2.06. The highest BCUT2D eigenvalue weighted by Gasteiger charge is 2.08. The Morgan fingerprint density at radius 3 is 2.77 bits per heavy atom. The molecule has 4 heteroatoms. The van der Waals surface area contributed by atoms with E-state index in [2.05, 4.69) is 0 Å². The molecule has 0 aliphatic heterocycles. The van der Waals surface area contributed by atoms with E-state index in [4.69, 9.17) is 17.3 Å². The van der Waals surface area contributed by atoms with Gasteiger partial charge in [-0.2, -0.15) is 0 Å². The van der Waals surface area contributed by atoms with E-state index in [-0.39, 0.29) is 5.02 Å². The Bertz CT molecular complexity index is 293. The third kappa shape index (κ3) is 2.66. The van der Waals surface area contributed by atoms with Crippen LogP contribution in [-0.4, -0.2) is 11.7 Å². The lowest BCUT2D eigenvalue weighted by atomic mass is 10.1. The zero-order chi connectivity index (χ0) is 9.84. The van der Waals surface area contributed by atoms with Gasteiger partial charge in [0.1, 0.15) is 5.82 Å². The van der Waals surface area contributed by atoms with Gasteiger partial charge in [0.05, 0.1) is 11.1 Å². The lowest BCUT2D eigenvalue weighted by Gasteiger charge is -2.09. The first-order chi connectivity index (χ1) is 6.15. The van der Waals surface area contributed by atoms with Gasteiger partial charge in [-0.25, -0.2) is 4.39 Å². The number of hydrogen-bond donors (Lipinski definition) is 2.